The van der Waals surface area contributed by atoms with Gasteiger partial charge in [0.15, 0.2) is 0 Å². The Kier molecular flexibility index (Phi) is 9.68. The van der Waals surface area contributed by atoms with E-state index >= 15 is 0 Å². The van der Waals surface area contributed by atoms with Crippen molar-refractivity contribution < 1.29 is 18.7 Å². The topological polar surface area (TPSA) is 83.6 Å². The quantitative estimate of drug-likeness (QED) is 0.392. The summed E-state index contributed by atoms with van der Waals surface area (Å²) in [4.78, 5) is 34.2. The summed E-state index contributed by atoms with van der Waals surface area (Å²) in [5, 5.41) is 9.15. The first-order valence-electron chi connectivity index (χ1n) is 14.8. The molecule has 220 valence electrons. The zero-order valence-corrected chi connectivity index (χ0v) is 24.7. The van der Waals surface area contributed by atoms with Gasteiger partial charge >= 0.3 is 0 Å². The Bertz CT molecular complexity index is 1260. The summed E-state index contributed by atoms with van der Waals surface area (Å²) in [5.74, 6) is -0.0781. The number of halogens is 1. The van der Waals surface area contributed by atoms with Crippen LogP contribution in [0.25, 0.3) is 5.57 Å². The van der Waals surface area contributed by atoms with Gasteiger partial charge in [0.1, 0.15) is 17.2 Å². The van der Waals surface area contributed by atoms with Crippen LogP contribution in [0.1, 0.15) is 68.6 Å². The molecular formula is C32H41FN4O3S. The number of nitrogens with one attached hydrogen (secondary N) is 2. The number of hydrogen-bond acceptors (Lipinski definition) is 6. The second-order valence-corrected chi connectivity index (χ2v) is 12.3. The van der Waals surface area contributed by atoms with E-state index in [4.69, 9.17) is 9.72 Å². The molecule has 1 aromatic rings. The summed E-state index contributed by atoms with van der Waals surface area (Å²) >= 11 is 1.54. The number of thiazole rings is 1. The molecule has 3 fully saturated rings. The van der Waals surface area contributed by atoms with Crippen LogP contribution in [0.2, 0.25) is 0 Å². The number of hydrogen-bond donors (Lipinski definition) is 2. The normalized spacial score (nSPS) is 26.3. The zero-order valence-electron chi connectivity index (χ0n) is 23.9. The third kappa shape index (κ3) is 6.47. The summed E-state index contributed by atoms with van der Waals surface area (Å²) in [6.45, 7) is 12.4. The molecular weight excluding hydrogens is 539 g/mol. The average Bonchev–Trinajstić information content (AvgIpc) is 3.44. The van der Waals surface area contributed by atoms with Crippen LogP contribution < -0.4 is 10.6 Å². The van der Waals surface area contributed by atoms with E-state index in [2.05, 4.69) is 23.8 Å². The highest BCUT2D eigenvalue weighted by molar-refractivity contribution is 7.09. The second kappa shape index (κ2) is 13.4. The number of rotatable bonds is 9. The van der Waals surface area contributed by atoms with E-state index in [1.807, 2.05) is 23.3 Å². The minimum atomic E-state index is -1.11. The van der Waals surface area contributed by atoms with Crippen molar-refractivity contribution in [1.29, 1.82) is 0 Å². The lowest BCUT2D eigenvalue weighted by Gasteiger charge is -2.40. The van der Waals surface area contributed by atoms with Crippen LogP contribution in [-0.2, 0) is 14.3 Å². The largest absolute Gasteiger partial charge is 0.381 e. The van der Waals surface area contributed by atoms with Gasteiger partial charge in [0.2, 0.25) is 11.8 Å². The van der Waals surface area contributed by atoms with Crippen molar-refractivity contribution in [3.8, 4) is 0 Å². The Hall–Kier alpha value is -2.88. The monoisotopic (exact) mass is 580 g/mol. The molecule has 0 bridgehead atoms. The van der Waals surface area contributed by atoms with Gasteiger partial charge in [0.25, 0.3) is 0 Å². The molecule has 2 N–H and O–H groups in total. The molecule has 3 unspecified atom stereocenters. The summed E-state index contributed by atoms with van der Waals surface area (Å²) in [6.07, 6.45) is 11.3. The van der Waals surface area contributed by atoms with E-state index in [0.29, 0.717) is 25.3 Å². The maximum atomic E-state index is 15.0. The van der Waals surface area contributed by atoms with Gasteiger partial charge in [-0.25, -0.2) is 9.37 Å². The van der Waals surface area contributed by atoms with E-state index in [1.165, 1.54) is 11.3 Å². The van der Waals surface area contributed by atoms with Crippen LogP contribution in [0.4, 0.5) is 4.39 Å². The molecule has 1 aliphatic carbocycles. The van der Waals surface area contributed by atoms with Gasteiger partial charge in [0.05, 0.1) is 17.8 Å². The molecule has 4 aliphatic rings. The van der Waals surface area contributed by atoms with E-state index in [-0.39, 0.29) is 36.2 Å². The van der Waals surface area contributed by atoms with E-state index < -0.39 is 12.2 Å². The molecule has 4 atom stereocenters. The highest BCUT2D eigenvalue weighted by Crippen LogP contribution is 2.41. The summed E-state index contributed by atoms with van der Waals surface area (Å²) in [6, 6.07) is -0.960. The van der Waals surface area contributed by atoms with E-state index in [0.717, 1.165) is 72.5 Å². The number of carbonyl (C=O) groups is 2. The van der Waals surface area contributed by atoms with Crippen LogP contribution in [0.5, 0.6) is 0 Å². The van der Waals surface area contributed by atoms with Crippen molar-refractivity contribution >= 4 is 28.7 Å². The lowest BCUT2D eigenvalue weighted by Crippen LogP contribution is -2.60. The van der Waals surface area contributed by atoms with Gasteiger partial charge in [-0.05, 0) is 69.1 Å². The molecule has 5 rings (SSSR count). The standard InChI is InChI=1S/C32H41FN4O3S/c1-4-5-8-22-24(33)11-10-23(28(22)20(2)3)26-19-41-31(35-26)27-9-6-7-16-37(27)32(39)29(21-13-17-40-18-14-21)36-30(38)25-12-15-34-25/h4-5,8,10,19,21,24-25,27,29,34H,1-2,6-7,9,11-18H2,3H3,(H,36,38)/b8-5-/t24?,25-,27?,29?/m0/s1. The highest BCUT2D eigenvalue weighted by Gasteiger charge is 2.40. The van der Waals surface area contributed by atoms with Crippen LogP contribution >= 0.6 is 11.3 Å². The molecule has 0 radical (unpaired) electrons. The van der Waals surface area contributed by atoms with Crippen LogP contribution in [-0.4, -0.2) is 66.3 Å². The molecule has 3 aliphatic heterocycles. The third-order valence-corrected chi connectivity index (χ3v) is 9.52. The minimum Gasteiger partial charge on any atom is -0.381 e. The van der Waals surface area contributed by atoms with Crippen molar-refractivity contribution in [1.82, 2.24) is 20.5 Å². The fourth-order valence-corrected chi connectivity index (χ4v) is 7.19. The van der Waals surface area contributed by atoms with E-state index in [9.17, 15) is 14.0 Å². The number of carbonyl (C=O) groups excluding carboxylic acids is 2. The maximum Gasteiger partial charge on any atom is 0.246 e. The summed E-state index contributed by atoms with van der Waals surface area (Å²) in [5.41, 5.74) is 3.81. The average molecular weight is 581 g/mol. The Morgan fingerprint density at radius 3 is 2.73 bits per heavy atom. The molecule has 3 saturated heterocycles. The molecule has 0 aromatic carbocycles. The predicted molar refractivity (Wildman–Crippen MR) is 161 cm³/mol. The second-order valence-electron chi connectivity index (χ2n) is 11.4. The maximum absolute atomic E-state index is 15.0. The number of likely N-dealkylation sites (tertiary alicyclic amines) is 1. The molecule has 0 saturated carbocycles. The van der Waals surface area contributed by atoms with Gasteiger partial charge in [-0.1, -0.05) is 43.0 Å². The summed E-state index contributed by atoms with van der Waals surface area (Å²) in [7, 11) is 0. The van der Waals surface area contributed by atoms with Gasteiger partial charge in [-0.2, -0.15) is 0 Å². The van der Waals surface area contributed by atoms with Crippen molar-refractivity contribution in [2.24, 2.45) is 5.92 Å². The molecule has 7 nitrogen and oxygen atoms in total. The van der Waals surface area contributed by atoms with Crippen molar-refractivity contribution in [3.63, 3.8) is 0 Å². The number of aromatic nitrogens is 1. The molecule has 1 aromatic heterocycles. The number of nitrogens with zero attached hydrogens (tertiary/aromatic N) is 2. The third-order valence-electron chi connectivity index (χ3n) is 8.57. The highest BCUT2D eigenvalue weighted by atomic mass is 32.1. The van der Waals surface area contributed by atoms with Gasteiger partial charge in [-0.3, -0.25) is 9.59 Å². The van der Waals surface area contributed by atoms with Gasteiger partial charge in [0, 0.05) is 37.1 Å². The predicted octanol–water partition coefficient (Wildman–Crippen LogP) is 5.21. The number of amides is 2. The van der Waals surface area contributed by atoms with E-state index in [1.54, 1.807) is 18.2 Å². The lowest BCUT2D eigenvalue weighted by molar-refractivity contribution is -0.143. The van der Waals surface area contributed by atoms with Crippen molar-refractivity contribution in [3.05, 3.63) is 70.3 Å². The first kappa shape index (κ1) is 29.6. The first-order valence-corrected chi connectivity index (χ1v) is 15.7. The number of allylic oxidation sites excluding steroid dienone is 8. The molecule has 41 heavy (non-hydrogen) atoms. The Labute approximate surface area is 246 Å². The van der Waals surface area contributed by atoms with Gasteiger partial charge < -0.3 is 20.3 Å². The van der Waals surface area contributed by atoms with Crippen LogP contribution in [0.15, 0.2) is 59.6 Å². The Balaban J connectivity index is 1.41. The molecule has 0 spiro atoms. The summed E-state index contributed by atoms with van der Waals surface area (Å²) < 4.78 is 20.5. The number of ether oxygens (including phenoxy) is 1. The van der Waals surface area contributed by atoms with Crippen molar-refractivity contribution in [2.75, 3.05) is 26.3 Å². The molecule has 2 amide bonds. The number of piperidine rings is 1. The SMILES string of the molecule is C=C/C=C\C1=C(C(=C)C)C(c2csc(C3CCCCN3C(=O)C(NC(=O)[C@@H]3CCN3)C3CCOCC3)n2)=CCC1F. The van der Waals surface area contributed by atoms with Gasteiger partial charge in [-0.15, -0.1) is 11.3 Å². The fourth-order valence-electron chi connectivity index (χ4n) is 6.22. The smallest absolute Gasteiger partial charge is 0.246 e. The lowest BCUT2D eigenvalue weighted by atomic mass is 9.84. The number of alkyl halides is 1. The van der Waals surface area contributed by atoms with Crippen LogP contribution in [0, 0.1) is 5.92 Å². The fraction of sp³-hybridized carbons (Fsp3) is 0.531. The Morgan fingerprint density at radius 2 is 2.05 bits per heavy atom. The first-order chi connectivity index (χ1) is 19.9. The zero-order chi connectivity index (χ0) is 28.9. The Morgan fingerprint density at radius 1 is 1.27 bits per heavy atom. The minimum absolute atomic E-state index is 0.0254. The van der Waals surface area contributed by atoms with Crippen molar-refractivity contribution in [2.45, 2.75) is 76.2 Å². The molecule has 4 heterocycles. The van der Waals surface area contributed by atoms with Crippen LogP contribution in [0.3, 0.4) is 0 Å². The molecule has 9 heteroatoms.